The number of nitrogens with one attached hydrogen (secondary N) is 2. The van der Waals surface area contributed by atoms with Crippen molar-refractivity contribution in [1.82, 2.24) is 10.6 Å². The molecule has 0 aliphatic carbocycles. The molecule has 0 bridgehead atoms. The van der Waals surface area contributed by atoms with Gasteiger partial charge in [-0.25, -0.2) is 13.6 Å². The van der Waals surface area contributed by atoms with Crippen molar-refractivity contribution < 1.29 is 36.3 Å². The number of rotatable bonds is 7. The largest absolute Gasteiger partial charge is 0.463 e. The van der Waals surface area contributed by atoms with Crippen molar-refractivity contribution in [2.24, 2.45) is 0 Å². The summed E-state index contributed by atoms with van der Waals surface area (Å²) in [5.41, 5.74) is -4.63. The van der Waals surface area contributed by atoms with E-state index in [-0.39, 0.29) is 0 Å². The van der Waals surface area contributed by atoms with Crippen LogP contribution in [0, 0.1) is 11.6 Å². The topological polar surface area (TPSA) is 67.4 Å². The number of esters is 1. The second kappa shape index (κ2) is 8.99. The highest BCUT2D eigenvalue weighted by Gasteiger charge is 2.63. The summed E-state index contributed by atoms with van der Waals surface area (Å²) in [4.78, 5) is 24.6. The SMILES string of the molecule is CCOC(=O)[C@](NCc1ccccc1)(NC(=O)c1c(F)cccc1F)C(F)(F)F. The van der Waals surface area contributed by atoms with Crippen LogP contribution in [0.25, 0.3) is 0 Å². The van der Waals surface area contributed by atoms with Crippen molar-refractivity contribution in [3.8, 4) is 0 Å². The molecule has 0 aliphatic heterocycles. The standard InChI is InChI=1S/C19H17F5N2O3/c1-2-29-17(28)18(19(22,23)24,25-11-12-7-4-3-5-8-12)26-16(27)15-13(20)9-6-10-14(15)21/h3-10,25H,2,11H2,1H3,(H,26,27)/t18-/m0/s1. The monoisotopic (exact) mass is 416 g/mol. The summed E-state index contributed by atoms with van der Waals surface area (Å²) in [6, 6.07) is 10.1. The van der Waals surface area contributed by atoms with E-state index >= 15 is 0 Å². The fourth-order valence-electron chi connectivity index (χ4n) is 2.47. The van der Waals surface area contributed by atoms with E-state index in [1.165, 1.54) is 24.4 Å². The Balaban J connectivity index is 2.46. The Kier molecular flexibility index (Phi) is 6.91. The van der Waals surface area contributed by atoms with Crippen LogP contribution >= 0.6 is 0 Å². The second-order valence-electron chi connectivity index (χ2n) is 5.86. The summed E-state index contributed by atoms with van der Waals surface area (Å²) >= 11 is 0. The second-order valence-corrected chi connectivity index (χ2v) is 5.86. The molecule has 0 saturated heterocycles. The number of alkyl halides is 3. The summed E-state index contributed by atoms with van der Waals surface area (Å²) < 4.78 is 74.1. The summed E-state index contributed by atoms with van der Waals surface area (Å²) in [5.74, 6) is -6.41. The number of hydrogen-bond donors (Lipinski definition) is 2. The summed E-state index contributed by atoms with van der Waals surface area (Å²) in [5, 5.41) is 3.33. The Morgan fingerprint density at radius 3 is 2.07 bits per heavy atom. The molecule has 5 nitrogen and oxygen atoms in total. The number of carbonyl (C=O) groups excluding carboxylic acids is 2. The molecule has 156 valence electrons. The first-order valence-electron chi connectivity index (χ1n) is 8.41. The van der Waals surface area contributed by atoms with Crippen LogP contribution in [0.5, 0.6) is 0 Å². The molecule has 10 heteroatoms. The van der Waals surface area contributed by atoms with Crippen LogP contribution in [0.2, 0.25) is 0 Å². The summed E-state index contributed by atoms with van der Waals surface area (Å²) in [7, 11) is 0. The van der Waals surface area contributed by atoms with Gasteiger partial charge in [0.05, 0.1) is 6.61 Å². The molecule has 1 amide bonds. The molecule has 2 N–H and O–H groups in total. The van der Waals surface area contributed by atoms with Crippen LogP contribution in [0.15, 0.2) is 48.5 Å². The number of hydrogen-bond acceptors (Lipinski definition) is 4. The van der Waals surface area contributed by atoms with Crippen molar-refractivity contribution in [1.29, 1.82) is 0 Å². The molecule has 2 aromatic rings. The maximum Gasteiger partial charge on any atom is 0.436 e. The number of halogens is 5. The third-order valence-electron chi connectivity index (χ3n) is 3.90. The van der Waals surface area contributed by atoms with Crippen LogP contribution in [-0.4, -0.2) is 30.3 Å². The zero-order valence-corrected chi connectivity index (χ0v) is 15.1. The molecule has 0 heterocycles. The zero-order chi connectivity index (χ0) is 21.7. The van der Waals surface area contributed by atoms with E-state index in [0.717, 1.165) is 6.07 Å². The van der Waals surface area contributed by atoms with Crippen LogP contribution in [-0.2, 0) is 16.1 Å². The molecule has 1 atom stereocenters. The van der Waals surface area contributed by atoms with Gasteiger partial charge in [0, 0.05) is 6.54 Å². The van der Waals surface area contributed by atoms with Gasteiger partial charge in [0.2, 0.25) is 0 Å². The first-order chi connectivity index (χ1) is 13.6. The van der Waals surface area contributed by atoms with E-state index in [0.29, 0.717) is 17.7 Å². The quantitative estimate of drug-likeness (QED) is 0.413. The minimum absolute atomic E-state index is 0.358. The fraction of sp³-hybridized carbons (Fsp3) is 0.263. The van der Waals surface area contributed by atoms with Gasteiger partial charge in [0.15, 0.2) is 0 Å². The van der Waals surface area contributed by atoms with E-state index in [1.807, 2.05) is 5.32 Å². The van der Waals surface area contributed by atoms with Gasteiger partial charge in [-0.1, -0.05) is 36.4 Å². The van der Waals surface area contributed by atoms with Crippen LogP contribution < -0.4 is 10.6 Å². The molecule has 0 aromatic heterocycles. The van der Waals surface area contributed by atoms with Crippen LogP contribution in [0.4, 0.5) is 22.0 Å². The minimum Gasteiger partial charge on any atom is -0.463 e. The Labute approximate surface area is 162 Å². The molecule has 2 aromatic carbocycles. The maximum atomic E-state index is 14.0. The molecule has 2 rings (SSSR count). The highest BCUT2D eigenvalue weighted by atomic mass is 19.4. The first-order valence-corrected chi connectivity index (χ1v) is 8.41. The van der Waals surface area contributed by atoms with Crippen molar-refractivity contribution in [2.45, 2.75) is 25.3 Å². The Morgan fingerprint density at radius 2 is 1.55 bits per heavy atom. The van der Waals surface area contributed by atoms with Gasteiger partial charge in [-0.15, -0.1) is 0 Å². The van der Waals surface area contributed by atoms with Crippen molar-refractivity contribution in [2.75, 3.05) is 6.61 Å². The molecule has 29 heavy (non-hydrogen) atoms. The maximum absolute atomic E-state index is 14.0. The van der Waals surface area contributed by atoms with Crippen LogP contribution in [0.1, 0.15) is 22.8 Å². The normalized spacial score (nSPS) is 13.4. The van der Waals surface area contributed by atoms with E-state index in [9.17, 15) is 31.5 Å². The first kappa shape index (κ1) is 22.3. The third kappa shape index (κ3) is 4.89. The van der Waals surface area contributed by atoms with Crippen molar-refractivity contribution >= 4 is 11.9 Å². The Bertz CT molecular complexity index is 854. The molecule has 0 radical (unpaired) electrons. The minimum atomic E-state index is -5.40. The zero-order valence-electron chi connectivity index (χ0n) is 15.1. The highest BCUT2D eigenvalue weighted by molar-refractivity contribution is 5.98. The lowest BCUT2D eigenvalue weighted by atomic mass is 10.1. The van der Waals surface area contributed by atoms with E-state index in [4.69, 9.17) is 0 Å². The molecule has 0 fully saturated rings. The molecule has 0 aliphatic rings. The Morgan fingerprint density at radius 1 is 0.966 bits per heavy atom. The van der Waals surface area contributed by atoms with Crippen molar-refractivity contribution in [3.63, 3.8) is 0 Å². The lowest BCUT2D eigenvalue weighted by Gasteiger charge is -2.35. The van der Waals surface area contributed by atoms with Crippen molar-refractivity contribution in [3.05, 3.63) is 71.3 Å². The number of amides is 1. The van der Waals surface area contributed by atoms with Crippen LogP contribution in [0.3, 0.4) is 0 Å². The van der Waals surface area contributed by atoms with E-state index < -0.39 is 54.1 Å². The van der Waals surface area contributed by atoms with Gasteiger partial charge < -0.3 is 10.1 Å². The molecular formula is C19H17F5N2O3. The fourth-order valence-corrected chi connectivity index (χ4v) is 2.47. The average Bonchev–Trinajstić information content (AvgIpc) is 2.65. The van der Waals surface area contributed by atoms with Gasteiger partial charge in [-0.3, -0.25) is 10.1 Å². The van der Waals surface area contributed by atoms with Gasteiger partial charge in [0.1, 0.15) is 17.2 Å². The predicted molar refractivity (Wildman–Crippen MR) is 92.5 cm³/mol. The van der Waals surface area contributed by atoms with Gasteiger partial charge in [0.25, 0.3) is 11.6 Å². The average molecular weight is 416 g/mol. The summed E-state index contributed by atoms with van der Waals surface area (Å²) in [6.45, 7) is 0.349. The molecule has 0 spiro atoms. The van der Waals surface area contributed by atoms with Gasteiger partial charge in [-0.05, 0) is 24.6 Å². The number of carbonyl (C=O) groups is 2. The Hall–Kier alpha value is -3.01. The van der Waals surface area contributed by atoms with Gasteiger partial charge in [-0.2, -0.15) is 13.2 Å². The molecule has 0 saturated carbocycles. The van der Waals surface area contributed by atoms with Gasteiger partial charge >= 0.3 is 12.1 Å². The highest BCUT2D eigenvalue weighted by Crippen LogP contribution is 2.31. The lowest BCUT2D eigenvalue weighted by molar-refractivity contribution is -0.219. The van der Waals surface area contributed by atoms with E-state index in [1.54, 1.807) is 18.2 Å². The smallest absolute Gasteiger partial charge is 0.436 e. The lowest BCUT2D eigenvalue weighted by Crippen LogP contribution is -2.72. The predicted octanol–water partition coefficient (Wildman–Crippen LogP) is 3.31. The number of ether oxygens (including phenoxy) is 1. The third-order valence-corrected chi connectivity index (χ3v) is 3.90. The number of benzene rings is 2. The summed E-state index contributed by atoms with van der Waals surface area (Å²) in [6.07, 6.45) is -5.40. The molecular weight excluding hydrogens is 399 g/mol. The molecule has 0 unspecified atom stereocenters. The van der Waals surface area contributed by atoms with E-state index in [2.05, 4.69) is 4.74 Å².